The first-order valence-corrected chi connectivity index (χ1v) is 11.4. The predicted molar refractivity (Wildman–Crippen MR) is 129 cm³/mol. The topological polar surface area (TPSA) is 38.8 Å². The Morgan fingerprint density at radius 3 is 2.57 bits per heavy atom. The molecule has 0 N–H and O–H groups in total. The van der Waals surface area contributed by atoms with Gasteiger partial charge in [0.1, 0.15) is 15.8 Å². The van der Waals surface area contributed by atoms with Gasteiger partial charge < -0.3 is 9.47 Å². The zero-order chi connectivity index (χ0) is 21.7. The van der Waals surface area contributed by atoms with E-state index in [0.717, 1.165) is 17.7 Å². The van der Waals surface area contributed by atoms with Crippen molar-refractivity contribution in [2.24, 2.45) is 0 Å². The van der Waals surface area contributed by atoms with E-state index in [1.54, 1.807) is 23.1 Å². The number of thiocarbonyl (C=S) groups is 1. The monoisotopic (exact) mass is 461 g/mol. The van der Waals surface area contributed by atoms with E-state index in [9.17, 15) is 4.79 Å². The van der Waals surface area contributed by atoms with Gasteiger partial charge in [-0.05, 0) is 68.3 Å². The normalized spacial score (nSPS) is 15.2. The molecule has 2 aromatic carbocycles. The lowest BCUT2D eigenvalue weighted by atomic mass is 10.1. The van der Waals surface area contributed by atoms with Crippen LogP contribution in [0.15, 0.2) is 41.3 Å². The van der Waals surface area contributed by atoms with Crippen molar-refractivity contribution >= 4 is 51.9 Å². The number of hydrogen-bond acceptors (Lipinski definition) is 5. The van der Waals surface area contributed by atoms with Crippen LogP contribution in [-0.4, -0.2) is 34.9 Å². The highest BCUT2D eigenvalue weighted by molar-refractivity contribution is 8.26. The van der Waals surface area contributed by atoms with E-state index in [2.05, 4.69) is 19.9 Å². The molecule has 4 nitrogen and oxygen atoms in total. The summed E-state index contributed by atoms with van der Waals surface area (Å²) in [5.41, 5.74) is 3.22. The Hall–Kier alpha value is -2.02. The molecule has 1 aliphatic rings. The van der Waals surface area contributed by atoms with Gasteiger partial charge in [0, 0.05) is 23.6 Å². The van der Waals surface area contributed by atoms with E-state index >= 15 is 0 Å². The van der Waals surface area contributed by atoms with Gasteiger partial charge in [-0.15, -0.1) is 0 Å². The molecule has 158 valence electrons. The van der Waals surface area contributed by atoms with Gasteiger partial charge in [0.05, 0.1) is 18.1 Å². The summed E-state index contributed by atoms with van der Waals surface area (Å²) < 4.78 is 12.3. The predicted octanol–water partition coefficient (Wildman–Crippen LogP) is 6.03. The average molecular weight is 462 g/mol. The first kappa shape index (κ1) is 22.7. The molecule has 30 heavy (non-hydrogen) atoms. The van der Waals surface area contributed by atoms with Gasteiger partial charge in [0.25, 0.3) is 5.91 Å². The molecule has 0 aromatic heterocycles. The van der Waals surface area contributed by atoms with Gasteiger partial charge in [-0.25, -0.2) is 0 Å². The third kappa shape index (κ3) is 5.56. The molecule has 2 aromatic rings. The van der Waals surface area contributed by atoms with E-state index in [4.69, 9.17) is 33.3 Å². The number of ether oxygens (including phenoxy) is 2. The number of benzene rings is 2. The molecular weight excluding hydrogens is 438 g/mol. The van der Waals surface area contributed by atoms with Crippen LogP contribution in [0.1, 0.15) is 30.0 Å². The Labute approximate surface area is 192 Å². The maximum absolute atomic E-state index is 12.5. The lowest BCUT2D eigenvalue weighted by Gasteiger charge is -2.12. The molecule has 0 bridgehead atoms. The van der Waals surface area contributed by atoms with Crippen molar-refractivity contribution in [3.63, 3.8) is 0 Å². The van der Waals surface area contributed by atoms with E-state index in [1.807, 2.05) is 25.1 Å². The summed E-state index contributed by atoms with van der Waals surface area (Å²) >= 11 is 12.7. The van der Waals surface area contributed by atoms with Crippen LogP contribution < -0.4 is 9.47 Å². The molecule has 1 amide bonds. The van der Waals surface area contributed by atoms with E-state index in [0.29, 0.717) is 39.8 Å². The molecule has 0 radical (unpaired) electrons. The fourth-order valence-corrected chi connectivity index (χ4v) is 4.47. The maximum Gasteiger partial charge on any atom is 0.266 e. The molecule has 0 unspecified atom stereocenters. The van der Waals surface area contributed by atoms with Crippen molar-refractivity contribution in [3.8, 4) is 11.5 Å². The summed E-state index contributed by atoms with van der Waals surface area (Å²) in [5.74, 6) is 1.45. The first-order chi connectivity index (χ1) is 14.4. The van der Waals surface area contributed by atoms with Gasteiger partial charge in [0.2, 0.25) is 0 Å². The van der Waals surface area contributed by atoms with Crippen LogP contribution in [0.5, 0.6) is 11.5 Å². The third-order valence-electron chi connectivity index (χ3n) is 4.74. The summed E-state index contributed by atoms with van der Waals surface area (Å²) in [4.78, 5) is 14.6. The largest absolute Gasteiger partial charge is 0.493 e. The molecule has 7 heteroatoms. The van der Waals surface area contributed by atoms with E-state index in [1.165, 1.54) is 22.9 Å². The number of rotatable bonds is 8. The second-order valence-corrected chi connectivity index (χ2v) is 9.02. The van der Waals surface area contributed by atoms with Crippen LogP contribution in [0.3, 0.4) is 0 Å². The van der Waals surface area contributed by atoms with Crippen LogP contribution >= 0.6 is 35.6 Å². The van der Waals surface area contributed by atoms with Crippen LogP contribution in [0.25, 0.3) is 6.08 Å². The third-order valence-corrected chi connectivity index (χ3v) is 6.35. The van der Waals surface area contributed by atoms with Gasteiger partial charge in [-0.1, -0.05) is 41.6 Å². The van der Waals surface area contributed by atoms with E-state index in [-0.39, 0.29) is 5.91 Å². The van der Waals surface area contributed by atoms with Crippen molar-refractivity contribution in [2.75, 3.05) is 19.8 Å². The molecule has 0 saturated carbocycles. The second kappa shape index (κ2) is 10.3. The van der Waals surface area contributed by atoms with Crippen molar-refractivity contribution in [3.05, 3.63) is 63.0 Å². The Kier molecular flexibility index (Phi) is 7.81. The molecule has 1 heterocycles. The SMILES string of the molecule is CCN1C(=O)C(=Cc2cc(Cl)ccc2OCCCOc2ccc(C)c(C)c2)SC1=S. The minimum absolute atomic E-state index is 0.0831. The molecular formula is C23H24ClNO3S2. The van der Waals surface area contributed by atoms with Gasteiger partial charge >= 0.3 is 0 Å². The Morgan fingerprint density at radius 1 is 1.10 bits per heavy atom. The molecule has 3 rings (SSSR count). The zero-order valence-corrected chi connectivity index (χ0v) is 19.6. The molecule has 1 saturated heterocycles. The first-order valence-electron chi connectivity index (χ1n) is 9.77. The number of carbonyl (C=O) groups is 1. The Balaban J connectivity index is 1.60. The Bertz CT molecular complexity index is 990. The van der Waals surface area contributed by atoms with E-state index < -0.39 is 0 Å². The molecule has 1 fully saturated rings. The summed E-state index contributed by atoms with van der Waals surface area (Å²) in [7, 11) is 0. The van der Waals surface area contributed by atoms with Gasteiger partial charge in [-0.3, -0.25) is 9.69 Å². The minimum atomic E-state index is -0.0831. The number of hydrogen-bond donors (Lipinski definition) is 0. The summed E-state index contributed by atoms with van der Waals surface area (Å²) in [6.45, 7) is 7.66. The fraction of sp³-hybridized carbons (Fsp3) is 0.304. The zero-order valence-electron chi connectivity index (χ0n) is 17.2. The second-order valence-electron chi connectivity index (χ2n) is 6.90. The van der Waals surface area contributed by atoms with Crippen LogP contribution in [0.2, 0.25) is 5.02 Å². The number of likely N-dealkylation sites (N-methyl/N-ethyl adjacent to an activating group) is 1. The van der Waals surface area contributed by atoms with Gasteiger partial charge in [0.15, 0.2) is 0 Å². The van der Waals surface area contributed by atoms with Crippen LogP contribution in [0.4, 0.5) is 0 Å². The highest BCUT2D eigenvalue weighted by atomic mass is 35.5. The summed E-state index contributed by atoms with van der Waals surface area (Å²) in [6, 6.07) is 11.5. The molecule has 0 spiro atoms. The van der Waals surface area contributed by atoms with Crippen molar-refractivity contribution in [1.82, 2.24) is 4.90 Å². The quantitative estimate of drug-likeness (QED) is 0.273. The van der Waals surface area contributed by atoms with Crippen molar-refractivity contribution in [2.45, 2.75) is 27.2 Å². The number of carbonyl (C=O) groups excluding carboxylic acids is 1. The summed E-state index contributed by atoms with van der Waals surface area (Å²) in [6.07, 6.45) is 2.52. The Morgan fingerprint density at radius 2 is 1.87 bits per heavy atom. The summed E-state index contributed by atoms with van der Waals surface area (Å²) in [5, 5.41) is 0.581. The average Bonchev–Trinajstić information content (AvgIpc) is 2.98. The van der Waals surface area contributed by atoms with Crippen molar-refractivity contribution in [1.29, 1.82) is 0 Å². The molecule has 0 atom stereocenters. The van der Waals surface area contributed by atoms with Crippen LogP contribution in [0, 0.1) is 13.8 Å². The number of aryl methyl sites for hydroxylation is 2. The smallest absolute Gasteiger partial charge is 0.266 e. The minimum Gasteiger partial charge on any atom is -0.493 e. The highest BCUT2D eigenvalue weighted by Gasteiger charge is 2.30. The fourth-order valence-electron chi connectivity index (χ4n) is 2.91. The highest BCUT2D eigenvalue weighted by Crippen LogP contribution is 2.34. The maximum atomic E-state index is 12.5. The van der Waals surface area contributed by atoms with Gasteiger partial charge in [-0.2, -0.15) is 0 Å². The number of thioether (sulfide) groups is 1. The lowest BCUT2D eigenvalue weighted by molar-refractivity contribution is -0.121. The lowest BCUT2D eigenvalue weighted by Crippen LogP contribution is -2.27. The number of amides is 1. The van der Waals surface area contributed by atoms with Crippen molar-refractivity contribution < 1.29 is 14.3 Å². The standard InChI is InChI=1S/C23H24ClNO3S2/c1-4-25-22(26)21(30-23(25)29)14-17-13-18(24)7-9-20(17)28-11-5-10-27-19-8-6-15(2)16(3)12-19/h6-9,12-14H,4-5,10-11H2,1-3H3. The number of nitrogens with zero attached hydrogens (tertiary/aromatic N) is 1. The molecule has 0 aliphatic carbocycles. The molecule has 1 aliphatic heterocycles. The number of halogens is 1. The van der Waals surface area contributed by atoms with Crippen LogP contribution in [-0.2, 0) is 4.79 Å².